The maximum absolute atomic E-state index is 12.6. The van der Waals surface area contributed by atoms with E-state index < -0.39 is 10.0 Å². The van der Waals surface area contributed by atoms with E-state index in [2.05, 4.69) is 4.72 Å². The molecule has 0 amide bonds. The summed E-state index contributed by atoms with van der Waals surface area (Å²) >= 11 is 0. The molecule has 0 bridgehead atoms. The Bertz CT molecular complexity index is 1060. The molecule has 3 aromatic rings. The van der Waals surface area contributed by atoms with Gasteiger partial charge in [-0.05, 0) is 73.0 Å². The van der Waals surface area contributed by atoms with Gasteiger partial charge in [0.05, 0.1) is 4.90 Å². The summed E-state index contributed by atoms with van der Waals surface area (Å²) in [6.45, 7) is 3.81. The number of sulfonamides is 1. The Balaban J connectivity index is 1.74. The van der Waals surface area contributed by atoms with Crippen LogP contribution in [0.25, 0.3) is 0 Å². The van der Waals surface area contributed by atoms with Gasteiger partial charge in [0.1, 0.15) is 17.2 Å². The average Bonchev–Trinajstić information content (AvgIpc) is 2.66. The first-order valence-corrected chi connectivity index (χ1v) is 10.6. The van der Waals surface area contributed by atoms with Crippen LogP contribution in [-0.4, -0.2) is 13.5 Å². The van der Waals surface area contributed by atoms with Crippen molar-refractivity contribution in [2.45, 2.75) is 31.6 Å². The largest absolute Gasteiger partial charge is 0.508 e. The third-order valence-electron chi connectivity index (χ3n) is 4.30. The predicted molar refractivity (Wildman–Crippen MR) is 111 cm³/mol. The highest BCUT2D eigenvalue weighted by Gasteiger charge is 2.16. The number of phenols is 1. The molecular formula is C22H23NO4S. The summed E-state index contributed by atoms with van der Waals surface area (Å²) in [5, 5.41) is 9.87. The molecule has 3 rings (SSSR count). The van der Waals surface area contributed by atoms with Crippen LogP contribution in [0.5, 0.6) is 17.2 Å². The van der Waals surface area contributed by atoms with E-state index >= 15 is 0 Å². The molecule has 0 aliphatic rings. The van der Waals surface area contributed by atoms with Gasteiger partial charge in [0.2, 0.25) is 0 Å². The summed E-state index contributed by atoms with van der Waals surface area (Å²) in [5.41, 5.74) is 1.97. The lowest BCUT2D eigenvalue weighted by atomic mass is 10.1. The summed E-state index contributed by atoms with van der Waals surface area (Å²) in [4.78, 5) is 0.253. The second-order valence-corrected chi connectivity index (χ2v) is 8.19. The molecule has 0 atom stereocenters. The number of benzene rings is 3. The van der Waals surface area contributed by atoms with Crippen molar-refractivity contribution in [3.8, 4) is 17.2 Å². The molecular weight excluding hydrogens is 374 g/mol. The van der Waals surface area contributed by atoms with Gasteiger partial charge in [0.15, 0.2) is 0 Å². The van der Waals surface area contributed by atoms with Crippen molar-refractivity contribution >= 4 is 15.7 Å². The van der Waals surface area contributed by atoms with Gasteiger partial charge in [0, 0.05) is 5.69 Å². The molecule has 146 valence electrons. The van der Waals surface area contributed by atoms with E-state index in [1.165, 1.54) is 0 Å². The van der Waals surface area contributed by atoms with Crippen LogP contribution >= 0.6 is 0 Å². The average molecular weight is 397 g/mol. The van der Waals surface area contributed by atoms with E-state index in [1.54, 1.807) is 67.6 Å². The van der Waals surface area contributed by atoms with Crippen molar-refractivity contribution in [3.05, 3.63) is 77.9 Å². The molecule has 0 spiro atoms. The minimum absolute atomic E-state index is 0.253. The Morgan fingerprint density at radius 3 is 2.32 bits per heavy atom. The van der Waals surface area contributed by atoms with Gasteiger partial charge >= 0.3 is 0 Å². The number of aromatic hydroxyl groups is 1. The number of aryl methyl sites for hydroxylation is 2. The van der Waals surface area contributed by atoms with E-state index in [9.17, 15) is 13.5 Å². The fourth-order valence-electron chi connectivity index (χ4n) is 2.89. The molecule has 0 aromatic heterocycles. The van der Waals surface area contributed by atoms with Gasteiger partial charge in [-0.25, -0.2) is 8.42 Å². The van der Waals surface area contributed by atoms with Gasteiger partial charge in [-0.1, -0.05) is 31.5 Å². The number of nitrogens with one attached hydrogen (secondary N) is 1. The zero-order chi connectivity index (χ0) is 20.1. The van der Waals surface area contributed by atoms with Crippen LogP contribution in [0.1, 0.15) is 24.5 Å². The van der Waals surface area contributed by atoms with Gasteiger partial charge in [0.25, 0.3) is 10.0 Å². The number of ether oxygens (including phenoxy) is 1. The van der Waals surface area contributed by atoms with Crippen LogP contribution in [0.15, 0.2) is 71.6 Å². The minimum atomic E-state index is -3.65. The molecule has 0 aliphatic heterocycles. The van der Waals surface area contributed by atoms with E-state index in [0.29, 0.717) is 22.7 Å². The van der Waals surface area contributed by atoms with Crippen molar-refractivity contribution in [3.63, 3.8) is 0 Å². The summed E-state index contributed by atoms with van der Waals surface area (Å²) in [5.74, 6) is 1.46. The normalized spacial score (nSPS) is 11.2. The second-order valence-electron chi connectivity index (χ2n) is 6.54. The molecule has 2 N–H and O–H groups in total. The predicted octanol–water partition coefficient (Wildman–Crippen LogP) is 5.25. The lowest BCUT2D eigenvalue weighted by molar-refractivity contribution is 0.457. The maximum Gasteiger partial charge on any atom is 0.262 e. The SMILES string of the molecule is CCCc1cc(Oc2ccc(NS(=O)(=O)c3ccccc3C)cc2)ccc1O. The molecule has 0 saturated carbocycles. The van der Waals surface area contributed by atoms with Crippen LogP contribution in [0.2, 0.25) is 0 Å². The van der Waals surface area contributed by atoms with Crippen molar-refractivity contribution in [2.24, 2.45) is 0 Å². The molecule has 0 unspecified atom stereocenters. The van der Waals surface area contributed by atoms with Crippen molar-refractivity contribution in [2.75, 3.05) is 4.72 Å². The lowest BCUT2D eigenvalue weighted by Gasteiger charge is -2.12. The third-order valence-corrected chi connectivity index (χ3v) is 5.84. The number of hydrogen-bond donors (Lipinski definition) is 2. The standard InChI is InChI=1S/C22H23NO4S/c1-3-6-17-15-20(13-14-21(17)24)27-19-11-9-18(10-12-19)23-28(25,26)22-8-5-4-7-16(22)2/h4-5,7-15,23-24H,3,6H2,1-2H3. The highest BCUT2D eigenvalue weighted by atomic mass is 32.2. The van der Waals surface area contributed by atoms with Crippen LogP contribution in [-0.2, 0) is 16.4 Å². The zero-order valence-electron chi connectivity index (χ0n) is 15.8. The molecule has 6 heteroatoms. The van der Waals surface area contributed by atoms with Gasteiger partial charge in [-0.3, -0.25) is 4.72 Å². The topological polar surface area (TPSA) is 75.6 Å². The smallest absolute Gasteiger partial charge is 0.262 e. The molecule has 28 heavy (non-hydrogen) atoms. The first kappa shape index (κ1) is 19.8. The zero-order valence-corrected chi connectivity index (χ0v) is 16.7. The van der Waals surface area contributed by atoms with Gasteiger partial charge in [-0.2, -0.15) is 0 Å². The van der Waals surface area contributed by atoms with Crippen molar-refractivity contribution in [1.82, 2.24) is 0 Å². The summed E-state index contributed by atoms with van der Waals surface area (Å²) < 4.78 is 33.5. The summed E-state index contributed by atoms with van der Waals surface area (Å²) in [6, 6.07) is 18.7. The lowest BCUT2D eigenvalue weighted by Crippen LogP contribution is -2.14. The fourth-order valence-corrected chi connectivity index (χ4v) is 4.20. The second kappa shape index (κ2) is 8.35. The molecule has 0 saturated heterocycles. The molecule has 0 heterocycles. The van der Waals surface area contributed by atoms with E-state index in [1.807, 2.05) is 13.0 Å². The Hall–Kier alpha value is -2.99. The maximum atomic E-state index is 12.6. The summed E-state index contributed by atoms with van der Waals surface area (Å²) in [6.07, 6.45) is 1.69. The molecule has 0 aliphatic carbocycles. The van der Waals surface area contributed by atoms with E-state index in [-0.39, 0.29) is 10.6 Å². The molecule has 0 radical (unpaired) electrons. The third kappa shape index (κ3) is 4.64. The molecule has 5 nitrogen and oxygen atoms in total. The number of hydrogen-bond acceptors (Lipinski definition) is 4. The number of anilines is 1. The van der Waals surface area contributed by atoms with E-state index in [4.69, 9.17) is 4.74 Å². The van der Waals surface area contributed by atoms with Crippen LogP contribution in [0.3, 0.4) is 0 Å². The van der Waals surface area contributed by atoms with Crippen molar-refractivity contribution in [1.29, 1.82) is 0 Å². The van der Waals surface area contributed by atoms with E-state index in [0.717, 1.165) is 18.4 Å². The fraction of sp³-hybridized carbons (Fsp3) is 0.182. The van der Waals surface area contributed by atoms with Crippen LogP contribution < -0.4 is 9.46 Å². The molecule has 0 fully saturated rings. The first-order valence-electron chi connectivity index (χ1n) is 9.07. The monoisotopic (exact) mass is 397 g/mol. The number of phenolic OH excluding ortho intramolecular Hbond substituents is 1. The first-order chi connectivity index (χ1) is 13.4. The van der Waals surface area contributed by atoms with Crippen LogP contribution in [0, 0.1) is 6.92 Å². The van der Waals surface area contributed by atoms with Gasteiger partial charge in [-0.15, -0.1) is 0 Å². The summed E-state index contributed by atoms with van der Waals surface area (Å²) in [7, 11) is -3.65. The highest BCUT2D eigenvalue weighted by Crippen LogP contribution is 2.29. The Morgan fingerprint density at radius 2 is 1.64 bits per heavy atom. The number of rotatable bonds is 7. The van der Waals surface area contributed by atoms with Gasteiger partial charge < -0.3 is 9.84 Å². The van der Waals surface area contributed by atoms with Crippen LogP contribution in [0.4, 0.5) is 5.69 Å². The Kier molecular flexibility index (Phi) is 5.90. The Morgan fingerprint density at radius 1 is 0.964 bits per heavy atom. The highest BCUT2D eigenvalue weighted by molar-refractivity contribution is 7.92. The molecule has 3 aromatic carbocycles. The van der Waals surface area contributed by atoms with Crippen molar-refractivity contribution < 1.29 is 18.3 Å². The minimum Gasteiger partial charge on any atom is -0.508 e. The quantitative estimate of drug-likeness (QED) is 0.571. The Labute approximate surface area is 165 Å².